The van der Waals surface area contributed by atoms with Crippen LogP contribution < -0.4 is 5.73 Å². The zero-order chi connectivity index (χ0) is 18.0. The molecular weight excluding hydrogens is 312 g/mol. The Labute approximate surface area is 147 Å². The molecule has 2 N–H and O–H groups in total. The summed E-state index contributed by atoms with van der Waals surface area (Å²) in [5, 5.41) is 1.19. The van der Waals surface area contributed by atoms with Gasteiger partial charge in [0.1, 0.15) is 5.82 Å². The van der Waals surface area contributed by atoms with Crippen molar-refractivity contribution in [3.63, 3.8) is 0 Å². The van der Waals surface area contributed by atoms with E-state index in [2.05, 4.69) is 35.7 Å². The van der Waals surface area contributed by atoms with Gasteiger partial charge in [-0.15, -0.1) is 0 Å². The van der Waals surface area contributed by atoms with Crippen LogP contribution in [0.4, 0.5) is 5.82 Å². The lowest BCUT2D eigenvalue weighted by Gasteiger charge is -2.15. The number of pyridine rings is 1. The number of hydrogen-bond acceptors (Lipinski definition) is 3. The molecule has 2 aromatic heterocycles. The number of aryl methyl sites for hydroxylation is 1. The Morgan fingerprint density at radius 2 is 2.04 bits per heavy atom. The minimum absolute atomic E-state index is 0.0517. The largest absolute Gasteiger partial charge is 0.384 e. The quantitative estimate of drug-likeness (QED) is 0.746. The Morgan fingerprint density at radius 1 is 1.28 bits per heavy atom. The summed E-state index contributed by atoms with van der Waals surface area (Å²) in [6.45, 7) is 2.65. The lowest BCUT2D eigenvalue weighted by molar-refractivity contribution is -0.125. The number of hydrogen-bond donors (Lipinski definition) is 1. The van der Waals surface area contributed by atoms with E-state index in [0.29, 0.717) is 12.4 Å². The van der Waals surface area contributed by atoms with E-state index in [9.17, 15) is 4.79 Å². The van der Waals surface area contributed by atoms with E-state index in [4.69, 9.17) is 5.73 Å². The molecule has 0 aliphatic carbocycles. The van der Waals surface area contributed by atoms with Gasteiger partial charge in [-0.3, -0.25) is 4.79 Å². The van der Waals surface area contributed by atoms with Gasteiger partial charge in [-0.05, 0) is 42.3 Å². The number of anilines is 1. The van der Waals surface area contributed by atoms with Gasteiger partial charge in [0.2, 0.25) is 5.91 Å². The third-order valence-corrected chi connectivity index (χ3v) is 4.53. The predicted molar refractivity (Wildman–Crippen MR) is 102 cm³/mol. The molecular formula is C20H22N4O. The molecule has 0 atom stereocenters. The number of likely N-dealkylation sites (N-methyl/N-ethyl adjacent to an activating group) is 1. The maximum atomic E-state index is 12.4. The van der Waals surface area contributed by atoms with Gasteiger partial charge in [0.25, 0.3) is 0 Å². The van der Waals surface area contributed by atoms with Crippen LogP contribution in [0.5, 0.6) is 0 Å². The molecule has 1 amide bonds. The lowest BCUT2D eigenvalue weighted by Crippen LogP contribution is -2.24. The monoisotopic (exact) mass is 334 g/mol. The Balaban J connectivity index is 1.78. The summed E-state index contributed by atoms with van der Waals surface area (Å²) in [6.07, 6.45) is 4.96. The molecule has 0 radical (unpaired) electrons. The summed E-state index contributed by atoms with van der Waals surface area (Å²) in [4.78, 5) is 18.2. The van der Waals surface area contributed by atoms with Crippen LogP contribution in [0.3, 0.4) is 0 Å². The Kier molecular flexibility index (Phi) is 4.57. The van der Waals surface area contributed by atoms with Crippen molar-refractivity contribution in [3.8, 4) is 0 Å². The van der Waals surface area contributed by atoms with Crippen LogP contribution >= 0.6 is 0 Å². The number of nitrogens with zero attached hydrogens (tertiary/aromatic N) is 3. The van der Waals surface area contributed by atoms with Crippen LogP contribution in [0.25, 0.3) is 17.0 Å². The molecule has 3 aromatic rings. The highest BCUT2D eigenvalue weighted by atomic mass is 16.2. The molecule has 0 fully saturated rings. The molecule has 25 heavy (non-hydrogen) atoms. The number of para-hydroxylation sites is 1. The first-order valence-electron chi connectivity index (χ1n) is 8.15. The van der Waals surface area contributed by atoms with Crippen LogP contribution in [0, 0.1) is 6.92 Å². The Morgan fingerprint density at radius 3 is 2.76 bits per heavy atom. The molecule has 1 aromatic carbocycles. The van der Waals surface area contributed by atoms with E-state index >= 15 is 0 Å². The molecule has 0 aliphatic heterocycles. The van der Waals surface area contributed by atoms with E-state index in [1.54, 1.807) is 29.3 Å². The van der Waals surface area contributed by atoms with Crippen molar-refractivity contribution in [1.29, 1.82) is 0 Å². The number of carbonyl (C=O) groups excluding carboxylic acids is 1. The van der Waals surface area contributed by atoms with Gasteiger partial charge >= 0.3 is 0 Å². The van der Waals surface area contributed by atoms with E-state index in [1.807, 2.05) is 25.2 Å². The lowest BCUT2D eigenvalue weighted by atomic mass is 10.1. The third-order valence-electron chi connectivity index (χ3n) is 4.53. The highest BCUT2D eigenvalue weighted by molar-refractivity contribution is 5.92. The predicted octanol–water partition coefficient (Wildman–Crippen LogP) is 3.14. The van der Waals surface area contributed by atoms with Crippen molar-refractivity contribution in [2.24, 2.45) is 7.05 Å². The zero-order valence-corrected chi connectivity index (χ0v) is 14.7. The fourth-order valence-corrected chi connectivity index (χ4v) is 2.92. The number of rotatable bonds is 4. The fraction of sp³-hybridized carbons (Fsp3) is 0.200. The van der Waals surface area contributed by atoms with Crippen molar-refractivity contribution in [3.05, 3.63) is 65.5 Å². The molecule has 5 heteroatoms. The summed E-state index contributed by atoms with van der Waals surface area (Å²) in [5.41, 5.74) is 9.94. The highest BCUT2D eigenvalue weighted by Gasteiger charge is 2.14. The van der Waals surface area contributed by atoms with Crippen molar-refractivity contribution >= 4 is 28.7 Å². The minimum atomic E-state index is -0.0517. The van der Waals surface area contributed by atoms with Gasteiger partial charge in [-0.1, -0.05) is 18.2 Å². The summed E-state index contributed by atoms with van der Waals surface area (Å²) in [5.74, 6) is 0.413. The van der Waals surface area contributed by atoms with Crippen LogP contribution in [-0.2, 0) is 18.4 Å². The highest BCUT2D eigenvalue weighted by Crippen LogP contribution is 2.25. The standard InChI is InChI=1S/C20H22N4O/c1-14-17(16-6-4-5-7-18(16)24(14)3)13-23(2)20(25)11-9-15-8-10-19(21)22-12-15/h4-12H,13H2,1-3H3,(H2,21,22)/b11-9+. The Bertz CT molecular complexity index is 938. The zero-order valence-electron chi connectivity index (χ0n) is 14.7. The molecule has 3 rings (SSSR count). The van der Waals surface area contributed by atoms with Gasteiger partial charge in [0.15, 0.2) is 0 Å². The second kappa shape index (κ2) is 6.81. The summed E-state index contributed by atoms with van der Waals surface area (Å²) in [6, 6.07) is 11.8. The van der Waals surface area contributed by atoms with Gasteiger partial charge in [-0.2, -0.15) is 0 Å². The molecule has 0 saturated heterocycles. The number of benzene rings is 1. The van der Waals surface area contributed by atoms with Crippen molar-refractivity contribution in [2.45, 2.75) is 13.5 Å². The van der Waals surface area contributed by atoms with Crippen molar-refractivity contribution in [1.82, 2.24) is 14.5 Å². The average molecular weight is 334 g/mol. The first kappa shape index (κ1) is 16.8. The molecule has 0 aliphatic rings. The van der Waals surface area contributed by atoms with Gasteiger partial charge in [0, 0.05) is 49.5 Å². The van der Waals surface area contributed by atoms with E-state index < -0.39 is 0 Å². The normalized spacial score (nSPS) is 11.3. The maximum absolute atomic E-state index is 12.4. The second-order valence-electron chi connectivity index (χ2n) is 6.18. The molecule has 0 unspecified atom stereocenters. The van der Waals surface area contributed by atoms with Crippen LogP contribution in [0.15, 0.2) is 48.7 Å². The molecule has 128 valence electrons. The number of fused-ring (bicyclic) bond motifs is 1. The molecule has 5 nitrogen and oxygen atoms in total. The van der Waals surface area contributed by atoms with E-state index in [-0.39, 0.29) is 5.91 Å². The Hall–Kier alpha value is -3.08. The molecule has 2 heterocycles. The SMILES string of the molecule is Cc1c(CN(C)C(=O)/C=C/c2ccc(N)nc2)c2ccccc2n1C. The maximum Gasteiger partial charge on any atom is 0.246 e. The second-order valence-corrected chi connectivity index (χ2v) is 6.18. The molecule has 0 bridgehead atoms. The topological polar surface area (TPSA) is 64.2 Å². The third kappa shape index (κ3) is 3.40. The van der Waals surface area contributed by atoms with Gasteiger partial charge in [0.05, 0.1) is 0 Å². The van der Waals surface area contributed by atoms with E-state index in [1.165, 1.54) is 22.2 Å². The molecule has 0 spiro atoms. The van der Waals surface area contributed by atoms with Gasteiger partial charge in [-0.25, -0.2) is 4.98 Å². The summed E-state index contributed by atoms with van der Waals surface area (Å²) < 4.78 is 2.17. The number of amides is 1. The number of nitrogens with two attached hydrogens (primary N) is 1. The number of carbonyl (C=O) groups is 1. The number of aromatic nitrogens is 2. The van der Waals surface area contributed by atoms with E-state index in [0.717, 1.165) is 5.56 Å². The first-order valence-corrected chi connectivity index (χ1v) is 8.15. The smallest absolute Gasteiger partial charge is 0.246 e. The summed E-state index contributed by atoms with van der Waals surface area (Å²) in [7, 11) is 3.87. The van der Waals surface area contributed by atoms with Crippen molar-refractivity contribution < 1.29 is 4.79 Å². The van der Waals surface area contributed by atoms with Crippen LogP contribution in [-0.4, -0.2) is 27.4 Å². The van der Waals surface area contributed by atoms with Gasteiger partial charge < -0.3 is 15.2 Å². The van der Waals surface area contributed by atoms with Crippen LogP contribution in [0.2, 0.25) is 0 Å². The van der Waals surface area contributed by atoms with Crippen LogP contribution in [0.1, 0.15) is 16.8 Å². The minimum Gasteiger partial charge on any atom is -0.384 e. The fourth-order valence-electron chi connectivity index (χ4n) is 2.92. The summed E-state index contributed by atoms with van der Waals surface area (Å²) >= 11 is 0. The first-order chi connectivity index (χ1) is 12.0. The van der Waals surface area contributed by atoms with Crippen molar-refractivity contribution in [2.75, 3.05) is 12.8 Å². The number of nitrogen functional groups attached to an aromatic ring is 1. The molecule has 0 saturated carbocycles. The average Bonchev–Trinajstić information content (AvgIpc) is 2.86.